The highest BCUT2D eigenvalue weighted by molar-refractivity contribution is 5.89. The van der Waals surface area contributed by atoms with Crippen molar-refractivity contribution in [3.8, 4) is 5.75 Å². The lowest BCUT2D eigenvalue weighted by atomic mass is 10.0. The second kappa shape index (κ2) is 4.64. The number of ether oxygens (including phenoxy) is 1. The molecule has 1 N–H and O–H groups in total. The summed E-state index contributed by atoms with van der Waals surface area (Å²) in [5.41, 5.74) is 2.67. The Morgan fingerprint density at radius 1 is 1.47 bits per heavy atom. The van der Waals surface area contributed by atoms with Crippen LogP contribution >= 0.6 is 0 Å². The monoisotopic (exact) mass is 206 g/mol. The molecular weight excluding hydrogens is 192 g/mol. The average molecular weight is 206 g/mol. The van der Waals surface area contributed by atoms with E-state index in [1.807, 2.05) is 25.1 Å². The molecular formula is C12H14O3. The zero-order valence-corrected chi connectivity index (χ0v) is 9.07. The maximum atomic E-state index is 10.5. The van der Waals surface area contributed by atoms with E-state index in [-0.39, 0.29) is 0 Å². The summed E-state index contributed by atoms with van der Waals surface area (Å²) in [6, 6.07) is 5.57. The number of aliphatic carboxylic acids is 1. The van der Waals surface area contributed by atoms with Crippen molar-refractivity contribution < 1.29 is 14.6 Å². The van der Waals surface area contributed by atoms with Gasteiger partial charge in [0.1, 0.15) is 5.75 Å². The van der Waals surface area contributed by atoms with Gasteiger partial charge < -0.3 is 9.84 Å². The molecule has 0 aliphatic carbocycles. The Balaban J connectivity index is 3.11. The van der Waals surface area contributed by atoms with E-state index in [0.29, 0.717) is 0 Å². The molecule has 15 heavy (non-hydrogen) atoms. The highest BCUT2D eigenvalue weighted by Gasteiger charge is 2.03. The third kappa shape index (κ3) is 2.84. The van der Waals surface area contributed by atoms with Crippen LogP contribution in [0, 0.1) is 6.92 Å². The minimum Gasteiger partial charge on any atom is -0.497 e. The largest absolute Gasteiger partial charge is 0.497 e. The average Bonchev–Trinajstić information content (AvgIpc) is 2.16. The fourth-order valence-electron chi connectivity index (χ4n) is 1.47. The van der Waals surface area contributed by atoms with Gasteiger partial charge in [-0.2, -0.15) is 0 Å². The van der Waals surface area contributed by atoms with Gasteiger partial charge in [0.15, 0.2) is 0 Å². The van der Waals surface area contributed by atoms with Crippen LogP contribution < -0.4 is 4.74 Å². The van der Waals surface area contributed by atoms with Crippen LogP contribution in [0.2, 0.25) is 0 Å². The minimum atomic E-state index is -0.928. The van der Waals surface area contributed by atoms with Crippen molar-refractivity contribution in [3.05, 3.63) is 35.4 Å². The van der Waals surface area contributed by atoms with E-state index in [4.69, 9.17) is 9.84 Å². The summed E-state index contributed by atoms with van der Waals surface area (Å²) in [7, 11) is 1.61. The quantitative estimate of drug-likeness (QED) is 0.773. The van der Waals surface area contributed by atoms with Gasteiger partial charge in [-0.05, 0) is 42.7 Å². The molecule has 1 rings (SSSR count). The molecule has 0 bridgehead atoms. The smallest absolute Gasteiger partial charge is 0.328 e. The van der Waals surface area contributed by atoms with Crippen LogP contribution in [-0.4, -0.2) is 18.2 Å². The number of carboxylic acid groups (broad SMARTS) is 1. The van der Waals surface area contributed by atoms with Gasteiger partial charge >= 0.3 is 5.97 Å². The number of benzene rings is 1. The number of hydrogen-bond donors (Lipinski definition) is 1. The fourth-order valence-corrected chi connectivity index (χ4v) is 1.47. The Hall–Kier alpha value is -1.77. The number of rotatable bonds is 3. The van der Waals surface area contributed by atoms with Gasteiger partial charge in [-0.15, -0.1) is 0 Å². The predicted octanol–water partition coefficient (Wildman–Crippen LogP) is 2.49. The van der Waals surface area contributed by atoms with Crippen LogP contribution in [-0.2, 0) is 4.79 Å². The molecule has 80 valence electrons. The molecule has 0 fully saturated rings. The van der Waals surface area contributed by atoms with Crippen LogP contribution in [0.5, 0.6) is 5.75 Å². The Bertz CT molecular complexity index is 405. The third-order valence-corrected chi connectivity index (χ3v) is 2.20. The zero-order valence-electron chi connectivity index (χ0n) is 9.07. The Morgan fingerprint density at radius 3 is 2.60 bits per heavy atom. The third-order valence-electron chi connectivity index (χ3n) is 2.20. The van der Waals surface area contributed by atoms with E-state index in [1.165, 1.54) is 6.08 Å². The van der Waals surface area contributed by atoms with Crippen LogP contribution in [0.4, 0.5) is 0 Å². The number of hydrogen-bond acceptors (Lipinski definition) is 2. The molecule has 3 nitrogen and oxygen atoms in total. The first kappa shape index (κ1) is 11.3. The summed E-state index contributed by atoms with van der Waals surface area (Å²) in [4.78, 5) is 10.5. The second-order valence-electron chi connectivity index (χ2n) is 3.35. The lowest BCUT2D eigenvalue weighted by Gasteiger charge is -2.07. The fraction of sp³-hybridized carbons (Fsp3) is 0.250. The molecule has 0 saturated carbocycles. The summed E-state index contributed by atoms with van der Waals surface area (Å²) in [5.74, 6) is -0.151. The molecule has 0 unspecified atom stereocenters. The van der Waals surface area contributed by atoms with E-state index in [1.54, 1.807) is 14.0 Å². The van der Waals surface area contributed by atoms with Crippen molar-refractivity contribution in [1.29, 1.82) is 0 Å². The maximum Gasteiger partial charge on any atom is 0.328 e. The van der Waals surface area contributed by atoms with Gasteiger partial charge in [-0.3, -0.25) is 0 Å². The van der Waals surface area contributed by atoms with Gasteiger partial charge in [0.25, 0.3) is 0 Å². The number of allylic oxidation sites excluding steroid dienone is 1. The van der Waals surface area contributed by atoms with Crippen molar-refractivity contribution >= 4 is 11.5 Å². The summed E-state index contributed by atoms with van der Waals surface area (Å²) in [6.45, 7) is 3.71. The van der Waals surface area contributed by atoms with E-state index < -0.39 is 5.97 Å². The molecule has 0 aromatic heterocycles. The number of carboxylic acids is 1. The zero-order chi connectivity index (χ0) is 11.4. The molecule has 0 aliphatic rings. The van der Waals surface area contributed by atoms with Gasteiger partial charge in [0.05, 0.1) is 7.11 Å². The first-order valence-electron chi connectivity index (χ1n) is 4.61. The van der Waals surface area contributed by atoms with Gasteiger partial charge in [0.2, 0.25) is 0 Å². The van der Waals surface area contributed by atoms with Crippen molar-refractivity contribution in [1.82, 2.24) is 0 Å². The highest BCUT2D eigenvalue weighted by Crippen LogP contribution is 2.22. The SMILES string of the molecule is COc1ccc(C(C)=CC(=O)O)c(C)c1. The summed E-state index contributed by atoms with van der Waals surface area (Å²) < 4.78 is 5.08. The lowest BCUT2D eigenvalue weighted by molar-refractivity contribution is -0.131. The number of aryl methyl sites for hydroxylation is 1. The van der Waals surface area contributed by atoms with E-state index in [9.17, 15) is 4.79 Å². The molecule has 0 atom stereocenters. The first-order valence-corrected chi connectivity index (χ1v) is 4.61. The highest BCUT2D eigenvalue weighted by atomic mass is 16.5. The van der Waals surface area contributed by atoms with E-state index in [2.05, 4.69) is 0 Å². The van der Waals surface area contributed by atoms with Crippen molar-refractivity contribution in [3.63, 3.8) is 0 Å². The van der Waals surface area contributed by atoms with Crippen LogP contribution in [0.3, 0.4) is 0 Å². The van der Waals surface area contributed by atoms with Crippen molar-refractivity contribution in [2.45, 2.75) is 13.8 Å². The first-order chi connectivity index (χ1) is 7.04. The van der Waals surface area contributed by atoms with Crippen molar-refractivity contribution in [2.24, 2.45) is 0 Å². The topological polar surface area (TPSA) is 46.5 Å². The molecule has 1 aromatic rings. The van der Waals surface area contributed by atoms with Crippen LogP contribution in [0.25, 0.3) is 5.57 Å². The lowest BCUT2D eigenvalue weighted by Crippen LogP contribution is -1.93. The Morgan fingerprint density at radius 2 is 2.13 bits per heavy atom. The van der Waals surface area contributed by atoms with Crippen LogP contribution in [0.15, 0.2) is 24.3 Å². The standard InChI is InChI=1S/C12H14O3/c1-8-6-10(15-3)4-5-11(8)9(2)7-12(13)14/h4-7H,1-3H3,(H,13,14). The number of methoxy groups -OCH3 is 1. The second-order valence-corrected chi connectivity index (χ2v) is 3.35. The normalized spacial score (nSPS) is 11.3. The molecule has 3 heteroatoms. The van der Waals surface area contributed by atoms with E-state index in [0.717, 1.165) is 22.4 Å². The van der Waals surface area contributed by atoms with Gasteiger partial charge in [-0.1, -0.05) is 6.07 Å². The molecule has 0 aliphatic heterocycles. The molecule has 1 aromatic carbocycles. The summed E-state index contributed by atoms with van der Waals surface area (Å²) >= 11 is 0. The summed E-state index contributed by atoms with van der Waals surface area (Å²) in [6.07, 6.45) is 1.20. The molecule has 0 spiro atoms. The maximum absolute atomic E-state index is 10.5. The van der Waals surface area contributed by atoms with Gasteiger partial charge in [0, 0.05) is 6.08 Å². The molecule has 0 heterocycles. The Kier molecular flexibility index (Phi) is 3.50. The number of carbonyl (C=O) groups is 1. The Labute approximate surface area is 89.0 Å². The van der Waals surface area contributed by atoms with Crippen LogP contribution in [0.1, 0.15) is 18.1 Å². The van der Waals surface area contributed by atoms with E-state index >= 15 is 0 Å². The summed E-state index contributed by atoms with van der Waals surface area (Å²) in [5, 5.41) is 8.64. The predicted molar refractivity (Wildman–Crippen MR) is 59.0 cm³/mol. The molecule has 0 amide bonds. The minimum absolute atomic E-state index is 0.739. The molecule has 0 radical (unpaired) electrons. The molecule has 0 saturated heterocycles. The van der Waals surface area contributed by atoms with Crippen molar-refractivity contribution in [2.75, 3.05) is 7.11 Å². The van der Waals surface area contributed by atoms with Gasteiger partial charge in [-0.25, -0.2) is 4.79 Å².